The van der Waals surface area contributed by atoms with E-state index in [0.717, 1.165) is 36.4 Å². The summed E-state index contributed by atoms with van der Waals surface area (Å²) in [5.41, 5.74) is 1.93. The molecule has 1 unspecified atom stereocenters. The predicted molar refractivity (Wildman–Crippen MR) is 96.2 cm³/mol. The molecule has 134 valence electrons. The lowest BCUT2D eigenvalue weighted by Gasteiger charge is -2.22. The number of hydrogen-bond acceptors (Lipinski definition) is 4. The van der Waals surface area contributed by atoms with Crippen molar-refractivity contribution in [1.29, 1.82) is 0 Å². The Morgan fingerprint density at radius 3 is 2.80 bits per heavy atom. The van der Waals surface area contributed by atoms with Crippen LogP contribution >= 0.6 is 0 Å². The zero-order chi connectivity index (χ0) is 17.8. The third kappa shape index (κ3) is 3.76. The average Bonchev–Trinajstić information content (AvgIpc) is 3.27. The molecule has 0 saturated carbocycles. The molecule has 0 aliphatic carbocycles. The van der Waals surface area contributed by atoms with Gasteiger partial charge in [0.05, 0.1) is 0 Å². The molecule has 3 rings (SSSR count). The molecule has 1 saturated heterocycles. The van der Waals surface area contributed by atoms with Gasteiger partial charge in [-0.3, -0.25) is 4.79 Å². The number of carbonyl (C=O) groups is 1. The van der Waals surface area contributed by atoms with Crippen molar-refractivity contribution in [3.05, 3.63) is 42.0 Å². The Bertz CT molecular complexity index is 709. The van der Waals surface area contributed by atoms with Crippen LogP contribution < -0.4 is 0 Å². The zero-order valence-electron chi connectivity index (χ0n) is 15.2. The first-order valence-corrected chi connectivity index (χ1v) is 9.05. The van der Waals surface area contributed by atoms with Crippen molar-refractivity contribution < 1.29 is 13.9 Å². The van der Waals surface area contributed by atoms with Crippen LogP contribution in [-0.4, -0.2) is 35.5 Å². The molecule has 0 bridgehead atoms. The highest BCUT2D eigenvalue weighted by atomic mass is 16.5. The van der Waals surface area contributed by atoms with Crippen LogP contribution in [0.25, 0.3) is 11.3 Å². The number of ether oxygens (including phenoxy) is 1. The van der Waals surface area contributed by atoms with Gasteiger partial charge in [-0.25, -0.2) is 4.98 Å². The molecule has 25 heavy (non-hydrogen) atoms. The van der Waals surface area contributed by atoms with E-state index in [4.69, 9.17) is 14.1 Å². The summed E-state index contributed by atoms with van der Waals surface area (Å²) in [4.78, 5) is 19.1. The second-order valence-corrected chi connectivity index (χ2v) is 6.67. The van der Waals surface area contributed by atoms with Crippen LogP contribution in [0, 0.1) is 0 Å². The van der Waals surface area contributed by atoms with Crippen molar-refractivity contribution in [3.8, 4) is 11.3 Å². The summed E-state index contributed by atoms with van der Waals surface area (Å²) in [6, 6.07) is 9.98. The van der Waals surface area contributed by atoms with E-state index >= 15 is 0 Å². The van der Waals surface area contributed by atoms with Crippen molar-refractivity contribution >= 4 is 5.91 Å². The van der Waals surface area contributed by atoms with Gasteiger partial charge >= 0.3 is 0 Å². The SMILES string of the molecule is CCOCC(=O)N1CCCC1c1nc(-c2ccccc2)c(C(C)C)o1. The summed E-state index contributed by atoms with van der Waals surface area (Å²) < 4.78 is 11.4. The highest BCUT2D eigenvalue weighted by molar-refractivity contribution is 5.78. The number of aromatic nitrogens is 1. The molecule has 1 fully saturated rings. The van der Waals surface area contributed by atoms with Gasteiger partial charge < -0.3 is 14.1 Å². The van der Waals surface area contributed by atoms with Gasteiger partial charge in [-0.2, -0.15) is 0 Å². The van der Waals surface area contributed by atoms with Gasteiger partial charge in [-0.05, 0) is 19.8 Å². The van der Waals surface area contributed by atoms with Crippen molar-refractivity contribution in [2.24, 2.45) is 0 Å². The van der Waals surface area contributed by atoms with Gasteiger partial charge in [-0.15, -0.1) is 0 Å². The highest BCUT2D eigenvalue weighted by Gasteiger charge is 2.34. The molecule has 0 spiro atoms. The lowest BCUT2D eigenvalue weighted by molar-refractivity contribution is -0.137. The molecule has 1 aromatic carbocycles. The number of carbonyl (C=O) groups excluding carboxylic acids is 1. The van der Waals surface area contributed by atoms with Crippen molar-refractivity contribution in [3.63, 3.8) is 0 Å². The summed E-state index contributed by atoms with van der Waals surface area (Å²) in [6.07, 6.45) is 1.84. The average molecular weight is 342 g/mol. The molecule has 1 aromatic heterocycles. The van der Waals surface area contributed by atoms with Crippen LogP contribution in [0.2, 0.25) is 0 Å². The quantitative estimate of drug-likeness (QED) is 0.791. The topological polar surface area (TPSA) is 55.6 Å². The molecule has 5 nitrogen and oxygen atoms in total. The molecule has 2 heterocycles. The predicted octanol–water partition coefficient (Wildman–Crippen LogP) is 4.17. The van der Waals surface area contributed by atoms with Gasteiger partial charge in [0.25, 0.3) is 0 Å². The highest BCUT2D eigenvalue weighted by Crippen LogP contribution is 2.37. The van der Waals surface area contributed by atoms with Crippen LogP contribution in [0.3, 0.4) is 0 Å². The number of amides is 1. The number of rotatable bonds is 6. The van der Waals surface area contributed by atoms with Gasteiger partial charge in [0, 0.05) is 24.6 Å². The first-order chi connectivity index (χ1) is 12.1. The van der Waals surface area contributed by atoms with Crippen LogP contribution in [0.4, 0.5) is 0 Å². The third-order valence-electron chi connectivity index (χ3n) is 4.53. The van der Waals surface area contributed by atoms with Crippen molar-refractivity contribution in [2.45, 2.75) is 45.6 Å². The molecule has 0 radical (unpaired) electrons. The second-order valence-electron chi connectivity index (χ2n) is 6.67. The molecule has 1 aliphatic heterocycles. The Labute approximate surface area is 149 Å². The van der Waals surface area contributed by atoms with E-state index in [1.54, 1.807) is 0 Å². The Morgan fingerprint density at radius 1 is 1.36 bits per heavy atom. The lowest BCUT2D eigenvalue weighted by atomic mass is 10.0. The van der Waals surface area contributed by atoms with E-state index < -0.39 is 0 Å². The van der Waals surface area contributed by atoms with Crippen LogP contribution in [-0.2, 0) is 9.53 Å². The first kappa shape index (κ1) is 17.7. The summed E-state index contributed by atoms with van der Waals surface area (Å²) >= 11 is 0. The standard InChI is InChI=1S/C20H26N2O3/c1-4-24-13-17(23)22-12-8-11-16(22)20-21-18(19(25-20)14(2)3)15-9-6-5-7-10-15/h5-7,9-10,14,16H,4,8,11-13H2,1-3H3. The second kappa shape index (κ2) is 7.83. The number of hydrogen-bond donors (Lipinski definition) is 0. The van der Waals surface area contributed by atoms with Gasteiger partial charge in [0.2, 0.25) is 11.8 Å². The fourth-order valence-electron chi connectivity index (χ4n) is 3.28. The van der Waals surface area contributed by atoms with Crippen molar-refractivity contribution in [1.82, 2.24) is 9.88 Å². The Balaban J connectivity index is 1.90. The van der Waals surface area contributed by atoms with Gasteiger partial charge in [0.1, 0.15) is 24.1 Å². The van der Waals surface area contributed by atoms with Crippen LogP contribution in [0.15, 0.2) is 34.7 Å². The minimum absolute atomic E-state index is 0.00917. The lowest BCUT2D eigenvalue weighted by Crippen LogP contribution is -2.33. The van der Waals surface area contributed by atoms with Crippen LogP contribution in [0.5, 0.6) is 0 Å². The molecule has 1 atom stereocenters. The summed E-state index contributed by atoms with van der Waals surface area (Å²) in [5.74, 6) is 1.76. The van der Waals surface area contributed by atoms with Gasteiger partial charge in [0.15, 0.2) is 0 Å². The van der Waals surface area contributed by atoms with E-state index in [1.165, 1.54) is 0 Å². The van der Waals surface area contributed by atoms with Crippen LogP contribution in [0.1, 0.15) is 57.2 Å². The fourth-order valence-corrected chi connectivity index (χ4v) is 3.28. The molecular formula is C20H26N2O3. The maximum atomic E-state index is 12.4. The zero-order valence-corrected chi connectivity index (χ0v) is 15.2. The summed E-state index contributed by atoms with van der Waals surface area (Å²) in [7, 11) is 0. The maximum Gasteiger partial charge on any atom is 0.249 e. The minimum Gasteiger partial charge on any atom is -0.442 e. The van der Waals surface area contributed by atoms with E-state index in [2.05, 4.69) is 13.8 Å². The molecular weight excluding hydrogens is 316 g/mol. The number of oxazole rings is 1. The van der Waals surface area contributed by atoms with Crippen molar-refractivity contribution in [2.75, 3.05) is 19.8 Å². The normalized spacial score (nSPS) is 17.4. The van der Waals surface area contributed by atoms with E-state index in [1.807, 2.05) is 42.2 Å². The summed E-state index contributed by atoms with van der Waals surface area (Å²) in [5, 5.41) is 0. The Kier molecular flexibility index (Phi) is 5.53. The fraction of sp³-hybridized carbons (Fsp3) is 0.500. The molecule has 5 heteroatoms. The number of likely N-dealkylation sites (tertiary alicyclic amines) is 1. The molecule has 2 aromatic rings. The smallest absolute Gasteiger partial charge is 0.249 e. The number of nitrogens with zero attached hydrogens (tertiary/aromatic N) is 2. The first-order valence-electron chi connectivity index (χ1n) is 9.05. The number of benzene rings is 1. The molecule has 0 N–H and O–H groups in total. The van der Waals surface area contributed by atoms with E-state index in [-0.39, 0.29) is 24.5 Å². The Morgan fingerprint density at radius 2 is 2.12 bits per heavy atom. The van der Waals surface area contributed by atoms with Gasteiger partial charge in [-0.1, -0.05) is 44.2 Å². The summed E-state index contributed by atoms with van der Waals surface area (Å²) in [6.45, 7) is 7.49. The van der Waals surface area contributed by atoms with E-state index in [9.17, 15) is 4.79 Å². The maximum absolute atomic E-state index is 12.4. The largest absolute Gasteiger partial charge is 0.442 e. The Hall–Kier alpha value is -2.14. The monoisotopic (exact) mass is 342 g/mol. The molecule has 1 amide bonds. The van der Waals surface area contributed by atoms with E-state index in [0.29, 0.717) is 12.5 Å². The molecule has 1 aliphatic rings. The third-order valence-corrected chi connectivity index (χ3v) is 4.53. The minimum atomic E-state index is -0.0945.